The van der Waals surface area contributed by atoms with E-state index >= 15 is 0 Å². The van der Waals surface area contributed by atoms with Gasteiger partial charge >= 0.3 is 0 Å². The van der Waals surface area contributed by atoms with E-state index < -0.39 is 15.9 Å². The number of hydrogen-bond donors (Lipinski definition) is 3. The van der Waals surface area contributed by atoms with Gasteiger partial charge in [-0.05, 0) is 42.0 Å². The zero-order chi connectivity index (χ0) is 20.1. The van der Waals surface area contributed by atoms with Crippen LogP contribution in [0.4, 0.5) is 5.69 Å². The largest absolute Gasteiger partial charge is 0.497 e. The number of rotatable bonds is 7. The number of nitrogens with one attached hydrogen (secondary N) is 3. The van der Waals surface area contributed by atoms with Gasteiger partial charge in [0.2, 0.25) is 0 Å². The topological polar surface area (TPSA) is 113 Å². The third-order valence-corrected chi connectivity index (χ3v) is 5.43. The van der Waals surface area contributed by atoms with Crippen LogP contribution in [0.25, 0.3) is 0 Å². The number of benzene rings is 2. The normalized spacial score (nSPS) is 11.1. The molecule has 0 saturated heterocycles. The van der Waals surface area contributed by atoms with Crippen molar-refractivity contribution in [1.82, 2.24) is 15.5 Å². The van der Waals surface area contributed by atoms with E-state index in [2.05, 4.69) is 20.2 Å². The fourth-order valence-corrected chi connectivity index (χ4v) is 3.67. The Morgan fingerprint density at radius 3 is 2.46 bits per heavy atom. The third-order valence-electron chi connectivity index (χ3n) is 3.83. The molecule has 3 N–H and O–H groups in total. The highest BCUT2D eigenvalue weighted by Crippen LogP contribution is 2.19. The van der Waals surface area contributed by atoms with Crippen molar-refractivity contribution >= 4 is 33.2 Å². The average molecular weight is 421 g/mol. The van der Waals surface area contributed by atoms with Crippen molar-refractivity contribution < 1.29 is 17.9 Å². The van der Waals surface area contributed by atoms with E-state index in [0.29, 0.717) is 16.5 Å². The second-order valence-electron chi connectivity index (χ2n) is 5.76. The number of halogens is 1. The highest BCUT2D eigenvalue weighted by Gasteiger charge is 2.25. The molecule has 1 amide bonds. The van der Waals surface area contributed by atoms with Gasteiger partial charge < -0.3 is 10.1 Å². The molecule has 0 aliphatic carbocycles. The van der Waals surface area contributed by atoms with Crippen LogP contribution in [0.3, 0.4) is 0 Å². The SMILES string of the molecule is COc1ccc(CNC(=O)c2cn[nH]c2S(=O)(=O)Nc2ccc(Cl)cc2)cc1. The van der Waals surface area contributed by atoms with Crippen molar-refractivity contribution in [3.63, 3.8) is 0 Å². The minimum absolute atomic E-state index is 0.0880. The number of methoxy groups -OCH3 is 1. The number of nitrogens with zero attached hydrogens (tertiary/aromatic N) is 1. The van der Waals surface area contributed by atoms with Crippen molar-refractivity contribution in [1.29, 1.82) is 0 Å². The molecule has 8 nitrogen and oxygen atoms in total. The van der Waals surface area contributed by atoms with Crippen molar-refractivity contribution in [2.75, 3.05) is 11.8 Å². The summed E-state index contributed by atoms with van der Waals surface area (Å²) in [5.74, 6) is 0.132. The smallest absolute Gasteiger partial charge is 0.279 e. The number of H-pyrrole nitrogens is 1. The predicted octanol–water partition coefficient (Wildman–Crippen LogP) is 2.80. The number of ether oxygens (including phenoxy) is 1. The number of carbonyl (C=O) groups is 1. The first-order valence-electron chi connectivity index (χ1n) is 8.12. The van der Waals surface area contributed by atoms with Crippen LogP contribution in [0.1, 0.15) is 15.9 Å². The van der Waals surface area contributed by atoms with Crippen molar-refractivity contribution in [3.05, 3.63) is 70.9 Å². The molecule has 1 heterocycles. The summed E-state index contributed by atoms with van der Waals surface area (Å²) in [6, 6.07) is 13.3. The van der Waals surface area contributed by atoms with Crippen LogP contribution in [0.2, 0.25) is 5.02 Å². The Hall–Kier alpha value is -3.04. The number of aromatic amines is 1. The molecule has 0 unspecified atom stereocenters. The molecular formula is C18H17ClN4O4S. The van der Waals surface area contributed by atoms with E-state index in [9.17, 15) is 13.2 Å². The summed E-state index contributed by atoms with van der Waals surface area (Å²) in [7, 11) is -2.47. The lowest BCUT2D eigenvalue weighted by molar-refractivity contribution is 0.0947. The Kier molecular flexibility index (Phi) is 5.86. The second kappa shape index (κ2) is 8.32. The Morgan fingerprint density at radius 1 is 1.14 bits per heavy atom. The highest BCUT2D eigenvalue weighted by atomic mass is 35.5. The number of anilines is 1. The van der Waals surface area contributed by atoms with E-state index in [1.54, 1.807) is 43.5 Å². The molecule has 0 fully saturated rings. The van der Waals surface area contributed by atoms with Crippen molar-refractivity contribution in [2.45, 2.75) is 11.6 Å². The van der Waals surface area contributed by atoms with Gasteiger partial charge in [-0.2, -0.15) is 13.5 Å². The second-order valence-corrected chi connectivity index (χ2v) is 7.81. The predicted molar refractivity (Wildman–Crippen MR) is 105 cm³/mol. The maximum absolute atomic E-state index is 12.6. The molecule has 146 valence electrons. The van der Waals surface area contributed by atoms with Gasteiger partial charge in [0.15, 0.2) is 5.03 Å². The van der Waals surface area contributed by atoms with Gasteiger partial charge in [0.25, 0.3) is 15.9 Å². The highest BCUT2D eigenvalue weighted by molar-refractivity contribution is 7.92. The molecule has 10 heteroatoms. The average Bonchev–Trinajstić information content (AvgIpc) is 3.19. The monoisotopic (exact) mass is 420 g/mol. The fourth-order valence-electron chi connectivity index (χ4n) is 2.39. The summed E-state index contributed by atoms with van der Waals surface area (Å²) in [6.45, 7) is 0.220. The van der Waals surface area contributed by atoms with E-state index in [4.69, 9.17) is 16.3 Å². The molecule has 0 bridgehead atoms. The zero-order valence-corrected chi connectivity index (χ0v) is 16.3. The van der Waals surface area contributed by atoms with Gasteiger partial charge in [0.1, 0.15) is 5.75 Å². The Balaban J connectivity index is 1.72. The van der Waals surface area contributed by atoms with E-state index in [-0.39, 0.29) is 17.1 Å². The third kappa shape index (κ3) is 4.62. The van der Waals surface area contributed by atoms with Gasteiger partial charge in [-0.1, -0.05) is 23.7 Å². The van der Waals surface area contributed by atoms with Crippen molar-refractivity contribution in [3.8, 4) is 5.75 Å². The lowest BCUT2D eigenvalue weighted by atomic mass is 10.2. The first kappa shape index (κ1) is 19.7. The summed E-state index contributed by atoms with van der Waals surface area (Å²) in [6.07, 6.45) is 1.17. The van der Waals surface area contributed by atoms with Crippen LogP contribution >= 0.6 is 11.6 Å². The van der Waals surface area contributed by atoms with Crippen molar-refractivity contribution in [2.24, 2.45) is 0 Å². The lowest BCUT2D eigenvalue weighted by Gasteiger charge is -2.09. The van der Waals surface area contributed by atoms with Crippen LogP contribution in [0.15, 0.2) is 59.8 Å². The van der Waals surface area contributed by atoms with Gasteiger partial charge in [-0.3, -0.25) is 14.6 Å². The van der Waals surface area contributed by atoms with Gasteiger partial charge in [0.05, 0.1) is 18.9 Å². The quantitative estimate of drug-likeness (QED) is 0.544. The first-order chi connectivity index (χ1) is 13.4. The molecule has 0 aliphatic rings. The maximum Gasteiger partial charge on any atom is 0.279 e. The molecule has 0 spiro atoms. The molecule has 1 aromatic heterocycles. The fraction of sp³-hybridized carbons (Fsp3) is 0.111. The van der Waals surface area contributed by atoms with Crippen LogP contribution in [0.5, 0.6) is 5.75 Å². The molecule has 0 atom stereocenters. The summed E-state index contributed by atoms with van der Waals surface area (Å²) in [5, 5.41) is 8.89. The molecule has 0 saturated carbocycles. The number of amides is 1. The summed E-state index contributed by atoms with van der Waals surface area (Å²) in [5.41, 5.74) is 1.06. The van der Waals surface area contributed by atoms with Gasteiger partial charge in [0, 0.05) is 17.3 Å². The Morgan fingerprint density at radius 2 is 1.82 bits per heavy atom. The molecule has 2 aromatic carbocycles. The molecule has 3 aromatic rings. The molecular weight excluding hydrogens is 404 g/mol. The summed E-state index contributed by atoms with van der Waals surface area (Å²) in [4.78, 5) is 12.5. The maximum atomic E-state index is 12.6. The Labute approximate surface area is 166 Å². The van der Waals surface area contributed by atoms with Gasteiger partial charge in [-0.15, -0.1) is 0 Å². The molecule has 0 aliphatic heterocycles. The number of sulfonamides is 1. The standard InChI is InChI=1S/C18H17ClN4O4S/c1-27-15-8-2-12(3-9-15)10-20-17(24)16-11-21-22-18(16)28(25,26)23-14-6-4-13(19)5-7-14/h2-9,11,23H,10H2,1H3,(H,20,24)(H,21,22). The number of carbonyl (C=O) groups excluding carboxylic acids is 1. The minimum atomic E-state index is -4.04. The van der Waals surface area contributed by atoms with E-state index in [1.807, 2.05) is 0 Å². The lowest BCUT2D eigenvalue weighted by Crippen LogP contribution is -2.25. The Bertz CT molecular complexity index is 1060. The van der Waals surface area contributed by atoms with E-state index in [1.165, 1.54) is 18.3 Å². The first-order valence-corrected chi connectivity index (χ1v) is 9.98. The van der Waals surface area contributed by atoms with Gasteiger partial charge in [-0.25, -0.2) is 0 Å². The number of aromatic nitrogens is 2. The zero-order valence-electron chi connectivity index (χ0n) is 14.8. The van der Waals surface area contributed by atoms with Crippen LogP contribution in [-0.2, 0) is 16.6 Å². The van der Waals surface area contributed by atoms with Crippen LogP contribution in [0, 0.1) is 0 Å². The summed E-state index contributed by atoms with van der Waals surface area (Å²) < 4.78 is 32.7. The minimum Gasteiger partial charge on any atom is -0.497 e. The molecule has 28 heavy (non-hydrogen) atoms. The number of hydrogen-bond acceptors (Lipinski definition) is 5. The van der Waals surface area contributed by atoms with Crippen LogP contribution in [-0.4, -0.2) is 31.6 Å². The molecule has 3 rings (SSSR count). The molecule has 0 radical (unpaired) electrons. The summed E-state index contributed by atoms with van der Waals surface area (Å²) >= 11 is 5.80. The van der Waals surface area contributed by atoms with E-state index in [0.717, 1.165) is 5.56 Å². The van der Waals surface area contributed by atoms with Crippen LogP contribution < -0.4 is 14.8 Å².